The van der Waals surface area contributed by atoms with E-state index in [0.717, 1.165) is 6.21 Å². The van der Waals surface area contributed by atoms with Gasteiger partial charge in [0.2, 0.25) is 0 Å². The average molecular weight is 86.1 g/mol. The molecule has 34 valence electrons. The Morgan fingerprint density at radius 1 is 1.83 bits per heavy atom. The van der Waals surface area contributed by atoms with Crippen LogP contribution in [-0.2, 0) is 0 Å². The van der Waals surface area contributed by atoms with Crippen LogP contribution in [0.25, 0.3) is 0 Å². The number of amidine groups is 1. The quantitative estimate of drug-likeness (QED) is 0.163. The topological polar surface area (TPSA) is 88.2 Å². The first-order chi connectivity index (χ1) is 2.81. The Kier molecular flexibility index (Phi) is 1.81. The number of hydrazone groups is 1. The second kappa shape index (κ2) is 2.19. The molecule has 0 aliphatic rings. The number of nitrogens with zero attached hydrogens (tertiary/aromatic N) is 1. The average Bonchev–Trinajstić information content (AvgIpc) is 1.65. The fraction of sp³-hybridized carbons (Fsp3) is 0. The van der Waals surface area contributed by atoms with Gasteiger partial charge in [-0.3, -0.25) is 0 Å². The van der Waals surface area contributed by atoms with Gasteiger partial charge >= 0.3 is 0 Å². The van der Waals surface area contributed by atoms with E-state index in [0.29, 0.717) is 0 Å². The van der Waals surface area contributed by atoms with Crippen LogP contribution in [-0.4, -0.2) is 12.1 Å². The van der Waals surface area contributed by atoms with Gasteiger partial charge in [0.25, 0.3) is 0 Å². The van der Waals surface area contributed by atoms with E-state index >= 15 is 0 Å². The normalized spacial score (nSPS) is 11.0. The fourth-order valence-corrected chi connectivity index (χ4v) is 0.0373. The maximum absolute atomic E-state index is 6.35. The van der Waals surface area contributed by atoms with Gasteiger partial charge in [-0.25, -0.2) is 0 Å². The minimum absolute atomic E-state index is 0.0370. The van der Waals surface area contributed by atoms with Crippen molar-refractivity contribution >= 4 is 12.1 Å². The van der Waals surface area contributed by atoms with E-state index in [1.54, 1.807) is 0 Å². The van der Waals surface area contributed by atoms with E-state index in [2.05, 4.69) is 10.9 Å². The van der Waals surface area contributed by atoms with Crippen LogP contribution in [0.4, 0.5) is 0 Å². The molecule has 0 amide bonds. The number of hydrogen-bond donors (Lipinski definition) is 3. The van der Waals surface area contributed by atoms with Crippen LogP contribution in [0.3, 0.4) is 0 Å². The van der Waals surface area contributed by atoms with Gasteiger partial charge in [-0.2, -0.15) is 5.10 Å². The third-order valence-electron chi connectivity index (χ3n) is 0.297. The maximum Gasteiger partial charge on any atom is 0.160 e. The smallest absolute Gasteiger partial charge is 0.160 e. The molecule has 0 radical (unpaired) electrons. The summed E-state index contributed by atoms with van der Waals surface area (Å²) in [5.41, 5.74) is 4.85. The van der Waals surface area contributed by atoms with Crippen molar-refractivity contribution in [1.82, 2.24) is 0 Å². The monoisotopic (exact) mass is 86.1 g/mol. The van der Waals surface area contributed by atoms with Crippen molar-refractivity contribution in [3.05, 3.63) is 0 Å². The highest BCUT2D eigenvalue weighted by Crippen LogP contribution is 1.45. The highest BCUT2D eigenvalue weighted by molar-refractivity contribution is 6.27. The Morgan fingerprint density at radius 3 is 2.33 bits per heavy atom. The van der Waals surface area contributed by atoms with Gasteiger partial charge in [-0.15, -0.1) is 0 Å². The molecule has 0 rings (SSSR count). The lowest BCUT2D eigenvalue weighted by molar-refractivity contribution is 1.24. The Hall–Kier alpha value is -1.06. The summed E-state index contributed by atoms with van der Waals surface area (Å²) < 4.78 is 0. The first kappa shape index (κ1) is 4.94. The molecule has 6 heavy (non-hydrogen) atoms. The van der Waals surface area contributed by atoms with Crippen LogP contribution in [0.1, 0.15) is 0 Å². The second-order valence-corrected chi connectivity index (χ2v) is 0.698. The van der Waals surface area contributed by atoms with E-state index in [9.17, 15) is 0 Å². The zero-order valence-corrected chi connectivity index (χ0v) is 3.18. The lowest BCUT2D eigenvalue weighted by atomic mass is 10.7. The van der Waals surface area contributed by atoms with E-state index in [1.807, 2.05) is 0 Å². The molecule has 0 saturated heterocycles. The molecule has 0 aliphatic heterocycles. The van der Waals surface area contributed by atoms with Crippen LogP contribution in [0.15, 0.2) is 5.10 Å². The van der Waals surface area contributed by atoms with Crippen LogP contribution in [0, 0.1) is 5.41 Å². The predicted octanol–water partition coefficient (Wildman–Crippen LogP) is -1.13. The van der Waals surface area contributed by atoms with Crippen LogP contribution in [0.5, 0.6) is 0 Å². The Bertz CT molecular complexity index is 73.6. The molecular weight excluding hydrogens is 80.0 g/mol. The van der Waals surface area contributed by atoms with Crippen LogP contribution < -0.4 is 11.6 Å². The molecule has 0 spiro atoms. The molecule has 0 heterocycles. The van der Waals surface area contributed by atoms with Gasteiger partial charge in [0.1, 0.15) is 0 Å². The number of nitrogens with two attached hydrogens (primary N) is 2. The lowest BCUT2D eigenvalue weighted by Crippen LogP contribution is -2.14. The highest BCUT2D eigenvalue weighted by atomic mass is 15.1. The molecule has 4 nitrogen and oxygen atoms in total. The van der Waals surface area contributed by atoms with Crippen molar-refractivity contribution in [3.8, 4) is 0 Å². The van der Waals surface area contributed by atoms with Gasteiger partial charge in [-0.1, -0.05) is 0 Å². The molecule has 4 heteroatoms. The van der Waals surface area contributed by atoms with Crippen molar-refractivity contribution in [1.29, 1.82) is 5.41 Å². The molecule has 0 saturated carbocycles. The Morgan fingerprint density at radius 2 is 2.33 bits per heavy atom. The standard InChI is InChI=1S/C2H6N4/c3-1-2(4)6-5/h1,3H,5H2,(H2,4,6). The molecule has 0 aromatic carbocycles. The summed E-state index contributed by atoms with van der Waals surface area (Å²) in [5, 5.41) is 9.31. The summed E-state index contributed by atoms with van der Waals surface area (Å²) in [6, 6.07) is 0. The summed E-state index contributed by atoms with van der Waals surface area (Å²) in [4.78, 5) is 0. The molecule has 0 atom stereocenters. The summed E-state index contributed by atoms with van der Waals surface area (Å²) in [5.74, 6) is 4.63. The number of hydrogen-bond acceptors (Lipinski definition) is 3. The largest absolute Gasteiger partial charge is 0.381 e. The van der Waals surface area contributed by atoms with Gasteiger partial charge in [0, 0.05) is 0 Å². The summed E-state index contributed by atoms with van der Waals surface area (Å²) in [6.07, 6.45) is 0.875. The van der Waals surface area contributed by atoms with E-state index < -0.39 is 0 Å². The predicted molar refractivity (Wildman–Crippen MR) is 24.6 cm³/mol. The minimum atomic E-state index is 0.0370. The van der Waals surface area contributed by atoms with Crippen molar-refractivity contribution in [2.75, 3.05) is 0 Å². The molecule has 0 bridgehead atoms. The van der Waals surface area contributed by atoms with Gasteiger partial charge in [0.15, 0.2) is 5.84 Å². The van der Waals surface area contributed by atoms with Crippen molar-refractivity contribution in [3.63, 3.8) is 0 Å². The molecule has 0 aliphatic carbocycles. The number of nitrogens with one attached hydrogen (secondary N) is 1. The van der Waals surface area contributed by atoms with Crippen LogP contribution in [0.2, 0.25) is 0 Å². The third-order valence-corrected chi connectivity index (χ3v) is 0.297. The van der Waals surface area contributed by atoms with Gasteiger partial charge in [-0.05, 0) is 0 Å². The third kappa shape index (κ3) is 1.28. The first-order valence-electron chi connectivity index (χ1n) is 1.35. The number of rotatable bonds is 1. The van der Waals surface area contributed by atoms with Gasteiger partial charge in [0.05, 0.1) is 6.21 Å². The lowest BCUT2D eigenvalue weighted by Gasteiger charge is -1.77. The Labute approximate surface area is 35.3 Å². The summed E-state index contributed by atoms with van der Waals surface area (Å²) in [7, 11) is 0. The molecule has 0 fully saturated rings. The molecule has 0 aromatic heterocycles. The molecule has 5 N–H and O–H groups in total. The van der Waals surface area contributed by atoms with Crippen molar-refractivity contribution in [2.45, 2.75) is 0 Å². The minimum Gasteiger partial charge on any atom is -0.381 e. The summed E-state index contributed by atoms with van der Waals surface area (Å²) >= 11 is 0. The van der Waals surface area contributed by atoms with Crippen molar-refractivity contribution in [2.24, 2.45) is 16.7 Å². The van der Waals surface area contributed by atoms with E-state index in [-0.39, 0.29) is 5.84 Å². The zero-order valence-electron chi connectivity index (χ0n) is 3.18. The van der Waals surface area contributed by atoms with Gasteiger partial charge < -0.3 is 17.0 Å². The van der Waals surface area contributed by atoms with E-state index in [1.165, 1.54) is 0 Å². The fourth-order valence-electron chi connectivity index (χ4n) is 0.0373. The van der Waals surface area contributed by atoms with E-state index in [4.69, 9.17) is 11.1 Å². The maximum atomic E-state index is 6.35. The second-order valence-electron chi connectivity index (χ2n) is 0.698. The summed E-state index contributed by atoms with van der Waals surface area (Å²) in [6.45, 7) is 0. The molecular formula is C2H6N4. The van der Waals surface area contributed by atoms with Crippen LogP contribution >= 0.6 is 0 Å². The highest BCUT2D eigenvalue weighted by Gasteiger charge is 1.71. The zero-order chi connectivity index (χ0) is 4.99. The molecule has 0 aromatic rings. The molecule has 0 unspecified atom stereocenters. The SMILES string of the molecule is N=CC(N)=NN. The first-order valence-corrected chi connectivity index (χ1v) is 1.35. The van der Waals surface area contributed by atoms with Crippen molar-refractivity contribution < 1.29 is 0 Å². The Balaban J connectivity index is 3.50.